The van der Waals surface area contributed by atoms with Crippen LogP contribution in [0.15, 0.2) is 17.0 Å². The zero-order valence-electron chi connectivity index (χ0n) is 11.1. The third-order valence-corrected chi connectivity index (χ3v) is 5.30. The van der Waals surface area contributed by atoms with Crippen molar-refractivity contribution >= 4 is 15.7 Å². The van der Waals surface area contributed by atoms with Crippen LogP contribution in [0.5, 0.6) is 0 Å². The molecule has 0 spiro atoms. The van der Waals surface area contributed by atoms with Gasteiger partial charge in [-0.05, 0) is 32.1 Å². The monoisotopic (exact) mass is 305 g/mol. The fraction of sp³-hybridized carbons (Fsp3) is 0.500. The van der Waals surface area contributed by atoms with Gasteiger partial charge in [0.2, 0.25) is 10.0 Å². The fourth-order valence-corrected chi connectivity index (χ4v) is 3.70. The van der Waals surface area contributed by atoms with Gasteiger partial charge >= 0.3 is 0 Å². The molecular weight excluding hydrogens is 288 g/mol. The molecule has 20 heavy (non-hydrogen) atoms. The SMILES string of the molecule is CN1CCCN(S(=O)(=O)c2ccc(F)c(N)c2F)CC1. The minimum atomic E-state index is -3.99. The van der Waals surface area contributed by atoms with Crippen LogP contribution in [0.4, 0.5) is 14.5 Å². The fourth-order valence-electron chi connectivity index (χ4n) is 2.15. The smallest absolute Gasteiger partial charge is 0.246 e. The molecule has 0 aliphatic carbocycles. The van der Waals surface area contributed by atoms with Crippen LogP contribution in [0, 0.1) is 11.6 Å². The molecule has 0 saturated carbocycles. The molecule has 0 unspecified atom stereocenters. The number of anilines is 1. The summed E-state index contributed by atoms with van der Waals surface area (Å²) in [6.45, 7) is 1.93. The number of benzene rings is 1. The van der Waals surface area contributed by atoms with E-state index < -0.39 is 32.2 Å². The molecule has 0 atom stereocenters. The molecule has 1 fully saturated rings. The average Bonchev–Trinajstić information content (AvgIpc) is 2.61. The first kappa shape index (κ1) is 15.1. The Bertz CT molecular complexity index is 607. The highest BCUT2D eigenvalue weighted by atomic mass is 32.2. The van der Waals surface area contributed by atoms with Gasteiger partial charge in [-0.3, -0.25) is 0 Å². The lowest BCUT2D eigenvalue weighted by Crippen LogP contribution is -2.35. The summed E-state index contributed by atoms with van der Waals surface area (Å²) in [7, 11) is -2.10. The van der Waals surface area contributed by atoms with Crippen molar-refractivity contribution in [2.24, 2.45) is 0 Å². The maximum absolute atomic E-state index is 13.9. The topological polar surface area (TPSA) is 66.6 Å². The Morgan fingerprint density at radius 2 is 1.85 bits per heavy atom. The molecule has 2 rings (SSSR count). The van der Waals surface area contributed by atoms with E-state index in [0.717, 1.165) is 18.7 Å². The standard InChI is InChI=1S/C12H17F2N3O2S/c1-16-5-2-6-17(8-7-16)20(18,19)10-4-3-9(13)12(15)11(10)14/h3-4H,2,5-8,15H2,1H3. The Morgan fingerprint density at radius 1 is 1.15 bits per heavy atom. The van der Waals surface area contributed by atoms with Crippen LogP contribution in [0.1, 0.15) is 6.42 Å². The van der Waals surface area contributed by atoms with Gasteiger partial charge in [-0.1, -0.05) is 0 Å². The van der Waals surface area contributed by atoms with E-state index in [-0.39, 0.29) is 6.54 Å². The van der Waals surface area contributed by atoms with Crippen molar-refractivity contribution < 1.29 is 17.2 Å². The number of rotatable bonds is 2. The molecular formula is C12H17F2N3O2S. The van der Waals surface area contributed by atoms with Crippen LogP contribution in [0.3, 0.4) is 0 Å². The van der Waals surface area contributed by atoms with E-state index >= 15 is 0 Å². The second kappa shape index (κ2) is 5.63. The van der Waals surface area contributed by atoms with Gasteiger partial charge in [-0.15, -0.1) is 0 Å². The van der Waals surface area contributed by atoms with Gasteiger partial charge < -0.3 is 10.6 Å². The van der Waals surface area contributed by atoms with Gasteiger partial charge in [0.05, 0.1) is 0 Å². The number of sulfonamides is 1. The van der Waals surface area contributed by atoms with Crippen LogP contribution < -0.4 is 5.73 Å². The first-order valence-corrected chi connectivity index (χ1v) is 7.70. The van der Waals surface area contributed by atoms with E-state index in [0.29, 0.717) is 19.5 Å². The first-order valence-electron chi connectivity index (χ1n) is 6.26. The number of halogens is 2. The third kappa shape index (κ3) is 2.77. The maximum atomic E-state index is 13.9. The van der Waals surface area contributed by atoms with Gasteiger partial charge in [0, 0.05) is 19.6 Å². The van der Waals surface area contributed by atoms with Crippen LogP contribution in [-0.4, -0.2) is 50.8 Å². The van der Waals surface area contributed by atoms with E-state index in [1.165, 1.54) is 4.31 Å². The lowest BCUT2D eigenvalue weighted by atomic mass is 10.3. The number of hydrogen-bond donors (Lipinski definition) is 1. The lowest BCUT2D eigenvalue weighted by molar-refractivity contribution is 0.347. The second-order valence-corrected chi connectivity index (χ2v) is 6.74. The van der Waals surface area contributed by atoms with Crippen molar-refractivity contribution in [3.8, 4) is 0 Å². The lowest BCUT2D eigenvalue weighted by Gasteiger charge is -2.20. The van der Waals surface area contributed by atoms with Crippen LogP contribution in [0.25, 0.3) is 0 Å². The molecule has 1 aliphatic rings. The van der Waals surface area contributed by atoms with Gasteiger partial charge in [-0.2, -0.15) is 4.31 Å². The highest BCUT2D eigenvalue weighted by Gasteiger charge is 2.30. The molecule has 1 aromatic rings. The van der Waals surface area contributed by atoms with E-state index in [4.69, 9.17) is 5.73 Å². The highest BCUT2D eigenvalue weighted by Crippen LogP contribution is 2.26. The summed E-state index contributed by atoms with van der Waals surface area (Å²) in [5.74, 6) is -2.18. The summed E-state index contributed by atoms with van der Waals surface area (Å²) in [4.78, 5) is 1.44. The Hall–Kier alpha value is -1.25. The molecule has 1 aliphatic heterocycles. The minimum Gasteiger partial charge on any atom is -0.394 e. The van der Waals surface area contributed by atoms with Gasteiger partial charge in [-0.25, -0.2) is 17.2 Å². The van der Waals surface area contributed by atoms with Crippen molar-refractivity contribution in [2.45, 2.75) is 11.3 Å². The molecule has 8 heteroatoms. The summed E-state index contributed by atoms with van der Waals surface area (Å²) in [6.07, 6.45) is 0.661. The predicted octanol–water partition coefficient (Wildman–Crippen LogP) is 0.873. The molecule has 0 bridgehead atoms. The van der Waals surface area contributed by atoms with Gasteiger partial charge in [0.25, 0.3) is 0 Å². The number of nitrogen functional groups attached to an aromatic ring is 1. The Balaban J connectivity index is 2.37. The molecule has 1 heterocycles. The highest BCUT2D eigenvalue weighted by molar-refractivity contribution is 7.89. The van der Waals surface area contributed by atoms with Gasteiger partial charge in [0.15, 0.2) is 5.82 Å². The molecule has 5 nitrogen and oxygen atoms in total. The average molecular weight is 305 g/mol. The zero-order valence-corrected chi connectivity index (χ0v) is 12.0. The van der Waals surface area contributed by atoms with E-state index in [1.54, 1.807) is 0 Å². The summed E-state index contributed by atoms with van der Waals surface area (Å²) >= 11 is 0. The van der Waals surface area contributed by atoms with Crippen LogP contribution in [-0.2, 0) is 10.0 Å². The van der Waals surface area contributed by atoms with Crippen molar-refractivity contribution in [3.63, 3.8) is 0 Å². The first-order chi connectivity index (χ1) is 9.34. The molecule has 2 N–H and O–H groups in total. The Kier molecular flexibility index (Phi) is 4.26. The van der Waals surface area contributed by atoms with E-state index in [9.17, 15) is 17.2 Å². The minimum absolute atomic E-state index is 0.273. The zero-order chi connectivity index (χ0) is 14.9. The summed E-state index contributed by atoms with van der Waals surface area (Å²) in [5, 5.41) is 0. The maximum Gasteiger partial charge on any atom is 0.246 e. The molecule has 0 amide bonds. The largest absolute Gasteiger partial charge is 0.394 e. The number of hydrogen-bond acceptors (Lipinski definition) is 4. The number of likely N-dealkylation sites (N-methyl/N-ethyl adjacent to an activating group) is 1. The molecule has 0 radical (unpaired) electrons. The number of nitrogens with two attached hydrogens (primary N) is 1. The van der Waals surface area contributed by atoms with Crippen molar-refractivity contribution in [3.05, 3.63) is 23.8 Å². The summed E-state index contributed by atoms with van der Waals surface area (Å²) < 4.78 is 53.1. The molecule has 0 aromatic heterocycles. The normalized spacial score (nSPS) is 18.9. The van der Waals surface area contributed by atoms with Crippen LogP contribution >= 0.6 is 0 Å². The summed E-state index contributed by atoms with van der Waals surface area (Å²) in [6, 6.07) is 1.79. The number of nitrogens with zero attached hydrogens (tertiary/aromatic N) is 2. The molecule has 112 valence electrons. The predicted molar refractivity (Wildman–Crippen MR) is 71.6 cm³/mol. The second-order valence-electron chi connectivity index (χ2n) is 4.83. The van der Waals surface area contributed by atoms with E-state index in [2.05, 4.69) is 0 Å². The van der Waals surface area contributed by atoms with E-state index in [1.807, 2.05) is 11.9 Å². The Labute approximate surface area is 117 Å². The Morgan fingerprint density at radius 3 is 2.55 bits per heavy atom. The van der Waals surface area contributed by atoms with Crippen molar-refractivity contribution in [2.75, 3.05) is 39.0 Å². The van der Waals surface area contributed by atoms with Crippen LogP contribution in [0.2, 0.25) is 0 Å². The quantitative estimate of drug-likeness (QED) is 0.824. The molecule has 1 aromatic carbocycles. The summed E-state index contributed by atoms with van der Waals surface area (Å²) in [5.41, 5.74) is 4.45. The van der Waals surface area contributed by atoms with Gasteiger partial charge in [0.1, 0.15) is 16.4 Å². The molecule has 1 saturated heterocycles. The van der Waals surface area contributed by atoms with Crippen molar-refractivity contribution in [1.29, 1.82) is 0 Å². The van der Waals surface area contributed by atoms with Crippen molar-refractivity contribution in [1.82, 2.24) is 9.21 Å². The third-order valence-electron chi connectivity index (χ3n) is 3.39.